The maximum Gasteiger partial charge on any atom is 0.105 e. The smallest absolute Gasteiger partial charge is 0.105 e. The van der Waals surface area contributed by atoms with Crippen LogP contribution in [0.4, 0.5) is 0 Å². The van der Waals surface area contributed by atoms with Gasteiger partial charge in [0.05, 0.1) is 30.5 Å². The molecule has 9 saturated heterocycles. The van der Waals surface area contributed by atoms with Crippen molar-refractivity contribution in [3.63, 3.8) is 0 Å². The molecule has 9 aliphatic rings. The van der Waals surface area contributed by atoms with Crippen molar-refractivity contribution < 1.29 is 18.9 Å². The van der Waals surface area contributed by atoms with Gasteiger partial charge in [0.25, 0.3) is 0 Å². The van der Waals surface area contributed by atoms with E-state index in [4.69, 9.17) is 18.9 Å². The summed E-state index contributed by atoms with van der Waals surface area (Å²) in [5, 5.41) is 27.6. The van der Waals surface area contributed by atoms with Crippen molar-refractivity contribution in [2.75, 3.05) is 153 Å². The molecule has 99 heavy (non-hydrogen) atoms. The Morgan fingerprint density at radius 1 is 0.364 bits per heavy atom. The molecule has 612 valence electrons. The monoisotopic (exact) mass is 1500 g/mol. The quantitative estimate of drug-likeness (QED) is 0.111. The zero-order chi connectivity index (χ0) is 78.2. The van der Waals surface area contributed by atoms with Crippen LogP contribution in [0.3, 0.4) is 0 Å². The molecule has 18 heteroatoms. The van der Waals surface area contributed by atoms with Gasteiger partial charge in [-0.3, -0.25) is 9.80 Å². The van der Waals surface area contributed by atoms with Gasteiger partial charge in [-0.2, -0.15) is 0 Å². The first-order chi connectivity index (χ1) is 47.7. The van der Waals surface area contributed by atoms with Gasteiger partial charge in [-0.15, -0.1) is 47.0 Å². The molecule has 9 fully saturated rings. The van der Waals surface area contributed by atoms with E-state index in [1.165, 1.54) is 95.2 Å². The van der Waals surface area contributed by atoms with Gasteiger partial charge in [0.15, 0.2) is 0 Å². The summed E-state index contributed by atoms with van der Waals surface area (Å²) < 4.78 is 21.5. The highest BCUT2D eigenvalue weighted by Gasteiger charge is 2.21. The van der Waals surface area contributed by atoms with Crippen molar-refractivity contribution in [1.82, 2.24) is 52.3 Å². The van der Waals surface area contributed by atoms with Crippen molar-refractivity contribution in [1.29, 1.82) is 0 Å². The second kappa shape index (κ2) is 94.9. The molecular weight excluding hydrogens is 1310 g/mol. The van der Waals surface area contributed by atoms with E-state index >= 15 is 0 Å². The van der Waals surface area contributed by atoms with E-state index in [0.29, 0.717) is 35.5 Å². The summed E-state index contributed by atoms with van der Waals surface area (Å²) in [7, 11) is 0. The molecule has 6 unspecified atom stereocenters. The maximum atomic E-state index is 5.50. The summed E-state index contributed by atoms with van der Waals surface area (Å²) in [5.41, 5.74) is 0.471. The molecule has 0 spiro atoms. The van der Waals surface area contributed by atoms with E-state index in [2.05, 4.69) is 177 Å². The minimum atomic E-state index is 0.471. The van der Waals surface area contributed by atoms with Crippen LogP contribution in [0.5, 0.6) is 0 Å². The Morgan fingerprint density at radius 3 is 1.20 bits per heavy atom. The topological polar surface area (TPSA) is 140 Å². The van der Waals surface area contributed by atoms with Crippen molar-refractivity contribution in [2.45, 2.75) is 322 Å². The Morgan fingerprint density at radius 2 is 0.929 bits per heavy atom. The van der Waals surface area contributed by atoms with Crippen LogP contribution in [0.25, 0.3) is 0 Å². The van der Waals surface area contributed by atoms with Gasteiger partial charge in [-0.1, -0.05) is 222 Å². The zero-order valence-corrected chi connectivity index (χ0v) is 77.2. The molecule has 6 atom stereocenters. The third kappa shape index (κ3) is 78.2. The lowest BCUT2D eigenvalue weighted by atomic mass is 9.95. The van der Waals surface area contributed by atoms with Crippen molar-refractivity contribution in [3.8, 4) is 0 Å². The van der Waals surface area contributed by atoms with Crippen LogP contribution in [0.2, 0.25) is 0 Å². The lowest BCUT2D eigenvalue weighted by molar-refractivity contribution is 0.0459. The minimum absolute atomic E-state index is 0.471. The van der Waals surface area contributed by atoms with Gasteiger partial charge in [-0.05, 0) is 138 Å². The number of thioether (sulfide) groups is 4. The Hall–Kier alpha value is 0.840. The average Bonchev–Trinajstić information content (AvgIpc) is 3.85. The standard InChI is InChI=1S/5C7H16N2.4C7H14OS.9C2H6/c1-6(2)7-3-8-5-9-4-7;1-7(2)9-5-3-8-4-6-9;1-6(2)7-5-8-3-4-9-7;1-6(2)7-3-4-8-5-9-7;1-7(2)9-5-3-4-8-6-9;1-6(2)7-3-8-5-9-4-7;1-6(2)7-3-4-9-5-8-7;1-6(2)7-3-4-8-5-9-7;1-6(2)7-8-4-3-5-9-7;9*1-2/h6-9H,3-5H2,1-2H3;7-8H,3-6H2,1-2H3;2*6-9H,3-5H2,1-2H3;7-8H,3-6H2,1-2H3;4*6-7H,3-5H2,1-2H3;9*1-2H3. The first-order valence-corrected chi connectivity index (χ1v) is 46.1. The Balaban J connectivity index is -0.000000128. The molecule has 9 rings (SSSR count). The molecule has 0 aromatic rings. The number of hydrogen-bond acceptors (Lipinski definition) is 18. The zero-order valence-electron chi connectivity index (χ0n) is 73.9. The minimum Gasteiger partial charge on any atom is -0.371 e. The molecule has 0 amide bonds. The molecule has 0 radical (unpaired) electrons. The van der Waals surface area contributed by atoms with Gasteiger partial charge in [-0.25, -0.2) is 0 Å². The molecular formula is C81H190N10O4S4. The summed E-state index contributed by atoms with van der Waals surface area (Å²) >= 11 is 7.70. The van der Waals surface area contributed by atoms with E-state index in [-0.39, 0.29) is 0 Å². The van der Waals surface area contributed by atoms with Gasteiger partial charge in [0.2, 0.25) is 0 Å². The first kappa shape index (κ1) is 118. The molecule has 9 aliphatic heterocycles. The highest BCUT2D eigenvalue weighted by atomic mass is 32.2. The summed E-state index contributed by atoms with van der Waals surface area (Å²) in [5.74, 6) is 13.5. The summed E-state index contributed by atoms with van der Waals surface area (Å²) in [4.78, 5) is 4.94. The van der Waals surface area contributed by atoms with Gasteiger partial charge in [0.1, 0.15) is 5.44 Å². The van der Waals surface area contributed by atoms with Crippen LogP contribution in [0.15, 0.2) is 0 Å². The predicted octanol–water partition coefficient (Wildman–Crippen LogP) is 19.7. The second-order valence-electron chi connectivity index (χ2n) is 26.0. The fourth-order valence-corrected chi connectivity index (χ4v) is 13.7. The lowest BCUT2D eigenvalue weighted by Crippen LogP contribution is -2.50. The summed E-state index contributed by atoms with van der Waals surface area (Å²) in [6.45, 7) is 96.7. The Labute approximate surface area is 643 Å². The van der Waals surface area contributed by atoms with E-state index < -0.39 is 0 Å². The Kier molecular flexibility index (Phi) is 113. The molecule has 0 saturated carbocycles. The van der Waals surface area contributed by atoms with Crippen molar-refractivity contribution in [3.05, 3.63) is 0 Å². The molecule has 0 aromatic heterocycles. The van der Waals surface area contributed by atoms with Crippen LogP contribution in [0.1, 0.15) is 281 Å². The SMILES string of the molecule is CC.CC.CC.CC.CC.CC.CC.CC.CC.CC(C)C1CCNCN1.CC(C)C1CCOCS1.CC(C)C1CCSCO1.CC(C)C1CNCCN1.CC(C)C1CNCNC1.CC(C)C1COCSC1.CC(C)C1OCCCS1.CC(C)N1CCCNC1.CC(C)N1CCNCC1. The van der Waals surface area contributed by atoms with Crippen molar-refractivity contribution in [2.24, 2.45) is 53.3 Å². The first-order valence-electron chi connectivity index (χ1n) is 41.7. The van der Waals surface area contributed by atoms with Gasteiger partial charge in [0, 0.05) is 134 Å². The van der Waals surface area contributed by atoms with Gasteiger partial charge < -0.3 is 61.5 Å². The molecule has 8 N–H and O–H groups in total. The molecule has 14 nitrogen and oxygen atoms in total. The number of rotatable bonds is 9. The van der Waals surface area contributed by atoms with E-state index in [1.807, 2.05) is 172 Å². The molecule has 0 bridgehead atoms. The summed E-state index contributed by atoms with van der Waals surface area (Å²) in [6.07, 6.45) is 6.82. The average molecular weight is 1500 g/mol. The normalized spacial score (nSPS) is 22.6. The van der Waals surface area contributed by atoms with Crippen LogP contribution < -0.4 is 42.5 Å². The fourth-order valence-electron chi connectivity index (χ4n) is 9.65. The molecule has 9 heterocycles. The van der Waals surface area contributed by atoms with Crippen LogP contribution in [-0.2, 0) is 18.9 Å². The van der Waals surface area contributed by atoms with Crippen LogP contribution in [-0.4, -0.2) is 204 Å². The number of nitrogens with one attached hydrogen (secondary N) is 8. The summed E-state index contributed by atoms with van der Waals surface area (Å²) in [6, 6.07) is 2.87. The van der Waals surface area contributed by atoms with Crippen molar-refractivity contribution >= 4 is 47.0 Å². The van der Waals surface area contributed by atoms with Crippen LogP contribution >= 0.6 is 47.0 Å². The van der Waals surface area contributed by atoms with Gasteiger partial charge >= 0.3 is 0 Å². The molecule has 0 aromatic carbocycles. The van der Waals surface area contributed by atoms with E-state index in [9.17, 15) is 0 Å². The maximum absolute atomic E-state index is 5.50. The number of nitrogens with zero attached hydrogens (tertiary/aromatic N) is 2. The predicted molar refractivity (Wildman–Crippen MR) is 466 cm³/mol. The molecule has 0 aliphatic carbocycles. The highest BCUT2D eigenvalue weighted by Crippen LogP contribution is 2.27. The Bertz CT molecular complexity index is 1020. The number of hydrogen-bond donors (Lipinski definition) is 8. The van der Waals surface area contributed by atoms with E-state index in [1.54, 1.807) is 0 Å². The lowest BCUT2D eigenvalue weighted by Gasteiger charge is -2.30. The third-order valence-corrected chi connectivity index (χ3v) is 20.9. The second-order valence-corrected chi connectivity index (χ2v) is 30.4. The number of ether oxygens (including phenoxy) is 4. The number of piperazine rings is 2. The fraction of sp³-hybridized carbons (Fsp3) is 1.00. The largest absolute Gasteiger partial charge is 0.371 e. The van der Waals surface area contributed by atoms with Crippen LogP contribution in [0, 0.1) is 53.3 Å². The third-order valence-electron chi connectivity index (χ3n) is 16.0. The van der Waals surface area contributed by atoms with E-state index in [0.717, 1.165) is 149 Å². The highest BCUT2D eigenvalue weighted by molar-refractivity contribution is 8.00.